The smallest absolute Gasteiger partial charge is 0.319 e. The number of urea groups is 1. The predicted molar refractivity (Wildman–Crippen MR) is 165 cm³/mol. The van der Waals surface area contributed by atoms with Crippen molar-refractivity contribution in [1.29, 1.82) is 0 Å². The molecule has 1 aliphatic carbocycles. The first-order valence-corrected chi connectivity index (χ1v) is 15.4. The zero-order valence-electron chi connectivity index (χ0n) is 24.3. The number of aliphatic imine (C=N–C) groups is 1. The Hall–Kier alpha value is -4.36. The summed E-state index contributed by atoms with van der Waals surface area (Å²) in [4.78, 5) is 49.4. The van der Waals surface area contributed by atoms with E-state index in [9.17, 15) is 18.8 Å². The standard InChI is InChI=1S/C31H33FN6O5S/c1-19(39)42-18-29(40)38-12-10-37(11-13-38)17-20-2-6-24(34-16-20)28-15-25-30(44-28)27(8-9-33-25)43-26-7-5-22(14-23(26)32)36-31(41)35-21-3-4-21/h5-9,14-16,20-21H,2-4,10-13,17-18H2,1H3,(H2,35,36,41). The van der Waals surface area contributed by atoms with Gasteiger partial charge in [-0.15, -0.1) is 11.3 Å². The molecule has 1 aromatic carbocycles. The average molecular weight is 621 g/mol. The Balaban J connectivity index is 1.04. The first kappa shape index (κ1) is 29.7. The van der Waals surface area contributed by atoms with Crippen LogP contribution in [0.25, 0.3) is 15.9 Å². The van der Waals surface area contributed by atoms with Crippen molar-refractivity contribution in [3.63, 3.8) is 0 Å². The Morgan fingerprint density at radius 3 is 2.61 bits per heavy atom. The van der Waals surface area contributed by atoms with E-state index in [-0.39, 0.29) is 36.3 Å². The van der Waals surface area contributed by atoms with Gasteiger partial charge >= 0.3 is 12.0 Å². The van der Waals surface area contributed by atoms with Gasteiger partial charge in [0.2, 0.25) is 0 Å². The summed E-state index contributed by atoms with van der Waals surface area (Å²) in [5.41, 5.74) is 1.94. The lowest BCUT2D eigenvalue weighted by Crippen LogP contribution is -2.50. The van der Waals surface area contributed by atoms with Gasteiger partial charge in [0.05, 0.1) is 20.8 Å². The van der Waals surface area contributed by atoms with E-state index >= 15 is 0 Å². The van der Waals surface area contributed by atoms with E-state index in [1.54, 1.807) is 23.2 Å². The van der Waals surface area contributed by atoms with Crippen LogP contribution in [-0.2, 0) is 14.3 Å². The molecule has 4 heterocycles. The summed E-state index contributed by atoms with van der Waals surface area (Å²) in [7, 11) is 0. The second-order valence-corrected chi connectivity index (χ2v) is 12.1. The highest BCUT2D eigenvalue weighted by atomic mass is 32.1. The van der Waals surface area contributed by atoms with Gasteiger partial charge in [-0.2, -0.15) is 0 Å². The summed E-state index contributed by atoms with van der Waals surface area (Å²) in [6, 6.07) is 7.86. The number of nitrogens with zero attached hydrogens (tertiary/aromatic N) is 4. The molecule has 1 saturated heterocycles. The number of amides is 3. The molecular weight excluding hydrogens is 587 g/mol. The number of hydrogen-bond acceptors (Lipinski definition) is 9. The molecule has 0 radical (unpaired) electrons. The van der Waals surface area contributed by atoms with Crippen molar-refractivity contribution in [3.8, 4) is 11.5 Å². The molecule has 2 fully saturated rings. The number of piperazine rings is 1. The number of halogens is 1. The topological polar surface area (TPSA) is 125 Å². The number of thiophene rings is 1. The molecule has 1 saturated carbocycles. The predicted octanol–water partition coefficient (Wildman–Crippen LogP) is 4.65. The SMILES string of the molecule is CC(=O)OCC(=O)N1CCN(CC2C=NC(c3cc4nccc(Oc5ccc(NC(=O)NC6CC6)cc5F)c4s3)=CC2)CC1. The van der Waals surface area contributed by atoms with Crippen molar-refractivity contribution in [2.45, 2.75) is 32.2 Å². The lowest BCUT2D eigenvalue weighted by molar-refractivity contribution is -0.151. The van der Waals surface area contributed by atoms with Crippen LogP contribution in [0.2, 0.25) is 0 Å². The fraction of sp³-hybridized carbons (Fsp3) is 0.387. The maximum absolute atomic E-state index is 14.9. The number of fused-ring (bicyclic) bond motifs is 1. The number of pyridine rings is 1. The Bertz CT molecular complexity index is 1630. The first-order chi connectivity index (χ1) is 21.3. The summed E-state index contributed by atoms with van der Waals surface area (Å²) >= 11 is 1.49. The summed E-state index contributed by atoms with van der Waals surface area (Å²) < 4.78 is 26.5. The van der Waals surface area contributed by atoms with Crippen LogP contribution in [0.1, 0.15) is 31.1 Å². The number of ether oxygens (including phenoxy) is 2. The third kappa shape index (κ3) is 7.40. The van der Waals surface area contributed by atoms with Crippen LogP contribution in [0.15, 0.2) is 47.6 Å². The van der Waals surface area contributed by atoms with E-state index < -0.39 is 11.8 Å². The van der Waals surface area contributed by atoms with Crippen molar-refractivity contribution >= 4 is 57.1 Å². The second-order valence-electron chi connectivity index (χ2n) is 11.1. The van der Waals surface area contributed by atoms with Gasteiger partial charge in [0, 0.05) is 81.8 Å². The zero-order valence-corrected chi connectivity index (χ0v) is 25.1. The number of hydrogen-bond donors (Lipinski definition) is 2. The normalized spacial score (nSPS) is 18.5. The van der Waals surface area contributed by atoms with E-state index in [1.807, 2.05) is 12.3 Å². The summed E-state index contributed by atoms with van der Waals surface area (Å²) in [5.74, 6) is -0.411. The molecule has 11 nitrogen and oxygen atoms in total. The van der Waals surface area contributed by atoms with Crippen LogP contribution >= 0.6 is 11.3 Å². The minimum atomic E-state index is -0.586. The molecule has 3 aliphatic rings. The monoisotopic (exact) mass is 620 g/mol. The van der Waals surface area contributed by atoms with Gasteiger partial charge in [0.1, 0.15) is 5.75 Å². The largest absolute Gasteiger partial charge is 0.456 e. The van der Waals surface area contributed by atoms with Gasteiger partial charge in [-0.3, -0.25) is 24.5 Å². The third-order valence-electron chi connectivity index (χ3n) is 7.61. The number of allylic oxidation sites excluding steroid dienone is 1. The lowest BCUT2D eigenvalue weighted by atomic mass is 10.0. The second kappa shape index (κ2) is 13.1. The number of benzene rings is 1. The molecule has 2 aromatic heterocycles. The van der Waals surface area contributed by atoms with Gasteiger partial charge in [0.25, 0.3) is 5.91 Å². The van der Waals surface area contributed by atoms with E-state index in [0.29, 0.717) is 24.5 Å². The minimum Gasteiger partial charge on any atom is -0.456 e. The fourth-order valence-electron chi connectivity index (χ4n) is 5.10. The highest BCUT2D eigenvalue weighted by Gasteiger charge is 2.25. The molecule has 1 unspecified atom stereocenters. The molecule has 13 heteroatoms. The molecule has 230 valence electrons. The van der Waals surface area contributed by atoms with Gasteiger partial charge in [-0.25, -0.2) is 9.18 Å². The van der Waals surface area contributed by atoms with Crippen LogP contribution in [0.3, 0.4) is 0 Å². The first-order valence-electron chi connectivity index (χ1n) is 14.6. The zero-order chi connectivity index (χ0) is 30.6. The highest BCUT2D eigenvalue weighted by molar-refractivity contribution is 7.20. The molecular formula is C31H33FN6O5S. The Morgan fingerprint density at radius 1 is 1.09 bits per heavy atom. The summed E-state index contributed by atoms with van der Waals surface area (Å²) in [6.45, 7) is 4.65. The van der Waals surface area contributed by atoms with Crippen molar-refractivity contribution in [1.82, 2.24) is 20.1 Å². The van der Waals surface area contributed by atoms with Crippen molar-refractivity contribution in [2.75, 3.05) is 44.6 Å². The van der Waals surface area contributed by atoms with Crippen LogP contribution in [0.5, 0.6) is 11.5 Å². The Kier molecular flexibility index (Phi) is 8.84. The number of anilines is 1. The Labute approximate surface area is 257 Å². The maximum atomic E-state index is 14.9. The molecule has 6 rings (SSSR count). The Morgan fingerprint density at radius 2 is 1.91 bits per heavy atom. The number of esters is 1. The molecule has 2 aliphatic heterocycles. The van der Waals surface area contributed by atoms with Gasteiger partial charge < -0.3 is 25.0 Å². The lowest BCUT2D eigenvalue weighted by Gasteiger charge is -2.36. The van der Waals surface area contributed by atoms with Gasteiger partial charge in [-0.1, -0.05) is 6.08 Å². The van der Waals surface area contributed by atoms with Crippen LogP contribution in [-0.4, -0.2) is 84.3 Å². The van der Waals surface area contributed by atoms with Crippen molar-refractivity contribution < 1.29 is 28.2 Å². The number of carbonyl (C=O) groups excluding carboxylic acids is 3. The van der Waals surface area contributed by atoms with Crippen molar-refractivity contribution in [2.24, 2.45) is 10.9 Å². The number of rotatable bonds is 9. The quantitative estimate of drug-likeness (QED) is 0.334. The van der Waals surface area contributed by atoms with Crippen LogP contribution in [0.4, 0.5) is 14.9 Å². The fourth-order valence-corrected chi connectivity index (χ4v) is 6.15. The number of carbonyl (C=O) groups is 3. The van der Waals surface area contributed by atoms with Crippen LogP contribution < -0.4 is 15.4 Å². The van der Waals surface area contributed by atoms with Gasteiger partial charge in [0.15, 0.2) is 18.2 Å². The van der Waals surface area contributed by atoms with E-state index in [1.165, 1.54) is 30.4 Å². The van der Waals surface area contributed by atoms with E-state index in [4.69, 9.17) is 14.5 Å². The van der Waals surface area contributed by atoms with Gasteiger partial charge in [-0.05, 0) is 37.5 Å². The summed E-state index contributed by atoms with van der Waals surface area (Å²) in [5, 5.41) is 5.46. The van der Waals surface area contributed by atoms with E-state index in [2.05, 4.69) is 26.6 Å². The highest BCUT2D eigenvalue weighted by Crippen LogP contribution is 2.39. The molecule has 0 bridgehead atoms. The maximum Gasteiger partial charge on any atom is 0.319 e. The minimum absolute atomic E-state index is 0.0490. The van der Waals surface area contributed by atoms with Crippen molar-refractivity contribution in [3.05, 3.63) is 53.3 Å². The molecule has 0 spiro atoms. The van der Waals surface area contributed by atoms with Crippen LogP contribution in [0, 0.1) is 11.7 Å². The number of aromatic nitrogens is 1. The number of nitrogens with one attached hydrogen (secondary N) is 2. The molecule has 44 heavy (non-hydrogen) atoms. The third-order valence-corrected chi connectivity index (χ3v) is 8.77. The molecule has 3 amide bonds. The summed E-state index contributed by atoms with van der Waals surface area (Å²) in [6.07, 6.45) is 8.50. The van der Waals surface area contributed by atoms with E-state index in [0.717, 1.165) is 59.7 Å². The molecule has 3 aromatic rings. The average Bonchev–Trinajstić information content (AvgIpc) is 3.71. The molecule has 2 N–H and O–H groups in total. The molecule has 1 atom stereocenters.